The number of nitrogens with zero attached hydrogens (tertiary/aromatic N) is 3. The molecule has 0 unspecified atom stereocenters. The van der Waals surface area contributed by atoms with Crippen molar-refractivity contribution in [3.8, 4) is 0 Å². The molecule has 1 atom stereocenters. The molecule has 0 bridgehead atoms. The zero-order valence-corrected chi connectivity index (χ0v) is 11.9. The SMILES string of the molecule is C[C@@H](CCC(=O)NCc1cnn(C)c1)N1CCCC1. The Balaban J connectivity index is 1.64. The van der Waals surface area contributed by atoms with Crippen LogP contribution in [0.2, 0.25) is 0 Å². The Bertz CT molecular complexity index is 409. The lowest BCUT2D eigenvalue weighted by Gasteiger charge is -2.23. The molecule has 2 rings (SSSR count). The van der Waals surface area contributed by atoms with Crippen LogP contribution >= 0.6 is 0 Å². The Hall–Kier alpha value is -1.36. The van der Waals surface area contributed by atoms with Gasteiger partial charge in [0.15, 0.2) is 0 Å². The van der Waals surface area contributed by atoms with Crippen molar-refractivity contribution in [1.82, 2.24) is 20.0 Å². The maximum absolute atomic E-state index is 11.8. The van der Waals surface area contributed by atoms with Crippen molar-refractivity contribution >= 4 is 5.91 Å². The summed E-state index contributed by atoms with van der Waals surface area (Å²) in [7, 11) is 1.88. The van der Waals surface area contributed by atoms with Crippen LogP contribution in [-0.2, 0) is 18.4 Å². The summed E-state index contributed by atoms with van der Waals surface area (Å²) < 4.78 is 1.75. The second-order valence-electron chi connectivity index (χ2n) is 5.43. The second kappa shape index (κ2) is 6.70. The maximum Gasteiger partial charge on any atom is 0.220 e. The molecule has 1 fully saturated rings. The largest absolute Gasteiger partial charge is 0.352 e. The third-order valence-electron chi connectivity index (χ3n) is 3.80. The highest BCUT2D eigenvalue weighted by molar-refractivity contribution is 5.75. The predicted octanol–water partition coefficient (Wildman–Crippen LogP) is 1.30. The first kappa shape index (κ1) is 14.1. The van der Waals surface area contributed by atoms with Crippen LogP contribution in [-0.4, -0.2) is 39.7 Å². The number of rotatable bonds is 6. The Morgan fingerprint density at radius 1 is 1.47 bits per heavy atom. The van der Waals surface area contributed by atoms with Gasteiger partial charge >= 0.3 is 0 Å². The van der Waals surface area contributed by atoms with E-state index in [0.29, 0.717) is 19.0 Å². The molecule has 5 heteroatoms. The summed E-state index contributed by atoms with van der Waals surface area (Å²) in [5, 5.41) is 7.03. The predicted molar refractivity (Wildman–Crippen MR) is 74.6 cm³/mol. The third-order valence-corrected chi connectivity index (χ3v) is 3.80. The van der Waals surface area contributed by atoms with Crippen molar-refractivity contribution in [2.24, 2.45) is 7.05 Å². The lowest BCUT2D eigenvalue weighted by molar-refractivity contribution is -0.121. The van der Waals surface area contributed by atoms with Crippen molar-refractivity contribution < 1.29 is 4.79 Å². The lowest BCUT2D eigenvalue weighted by atomic mass is 10.1. The molecule has 1 aromatic rings. The molecular weight excluding hydrogens is 240 g/mol. The molecule has 1 N–H and O–H groups in total. The van der Waals surface area contributed by atoms with Gasteiger partial charge in [0.2, 0.25) is 5.91 Å². The Morgan fingerprint density at radius 3 is 2.84 bits per heavy atom. The van der Waals surface area contributed by atoms with Crippen LogP contribution in [0.4, 0.5) is 0 Å². The van der Waals surface area contributed by atoms with Crippen molar-refractivity contribution in [3.05, 3.63) is 18.0 Å². The van der Waals surface area contributed by atoms with Crippen molar-refractivity contribution in [2.45, 2.75) is 45.2 Å². The van der Waals surface area contributed by atoms with Gasteiger partial charge in [0.05, 0.1) is 6.20 Å². The smallest absolute Gasteiger partial charge is 0.220 e. The molecule has 106 valence electrons. The summed E-state index contributed by atoms with van der Waals surface area (Å²) in [4.78, 5) is 14.3. The minimum atomic E-state index is 0.134. The number of carbonyl (C=O) groups is 1. The van der Waals surface area contributed by atoms with Gasteiger partial charge in [-0.05, 0) is 39.3 Å². The maximum atomic E-state index is 11.8. The fourth-order valence-corrected chi connectivity index (χ4v) is 2.56. The summed E-state index contributed by atoms with van der Waals surface area (Å²) in [5.41, 5.74) is 1.04. The topological polar surface area (TPSA) is 50.2 Å². The summed E-state index contributed by atoms with van der Waals surface area (Å²) in [5.74, 6) is 0.134. The van der Waals surface area contributed by atoms with Gasteiger partial charge in [0, 0.05) is 37.8 Å². The average molecular weight is 264 g/mol. The standard InChI is InChI=1S/C14H24N4O/c1-12(18-7-3-4-8-18)5-6-14(19)15-9-13-10-16-17(2)11-13/h10-12H,3-9H2,1-2H3,(H,15,19)/t12-/m0/s1. The minimum Gasteiger partial charge on any atom is -0.352 e. The summed E-state index contributed by atoms with van der Waals surface area (Å²) in [6.45, 7) is 5.18. The highest BCUT2D eigenvalue weighted by Gasteiger charge is 2.18. The summed E-state index contributed by atoms with van der Waals surface area (Å²) in [6, 6.07) is 0.520. The number of likely N-dealkylation sites (tertiary alicyclic amines) is 1. The molecule has 1 aromatic heterocycles. The molecule has 0 aromatic carbocycles. The van der Waals surface area contributed by atoms with E-state index in [0.717, 1.165) is 12.0 Å². The van der Waals surface area contributed by atoms with Gasteiger partial charge in [-0.15, -0.1) is 0 Å². The number of amides is 1. The molecule has 19 heavy (non-hydrogen) atoms. The number of hydrogen-bond donors (Lipinski definition) is 1. The average Bonchev–Trinajstić information content (AvgIpc) is 3.04. The zero-order valence-electron chi connectivity index (χ0n) is 11.9. The van der Waals surface area contributed by atoms with Crippen LogP contribution in [0.3, 0.4) is 0 Å². The second-order valence-corrected chi connectivity index (χ2v) is 5.43. The monoisotopic (exact) mass is 264 g/mol. The molecule has 0 spiro atoms. The molecule has 0 saturated carbocycles. The highest BCUT2D eigenvalue weighted by Crippen LogP contribution is 2.14. The van der Waals surface area contributed by atoms with Crippen LogP contribution < -0.4 is 5.32 Å². The Labute approximate surface area is 115 Å². The zero-order chi connectivity index (χ0) is 13.7. The van der Waals surface area contributed by atoms with E-state index in [1.54, 1.807) is 10.9 Å². The van der Waals surface area contributed by atoms with E-state index in [4.69, 9.17) is 0 Å². The molecular formula is C14H24N4O. The number of aryl methyl sites for hydroxylation is 1. The van der Waals surface area contributed by atoms with E-state index in [-0.39, 0.29) is 5.91 Å². The first-order valence-corrected chi connectivity index (χ1v) is 7.13. The van der Waals surface area contributed by atoms with Crippen molar-refractivity contribution in [1.29, 1.82) is 0 Å². The molecule has 1 saturated heterocycles. The number of carbonyl (C=O) groups excluding carboxylic acids is 1. The Kier molecular flexibility index (Phi) is 4.96. The summed E-state index contributed by atoms with van der Waals surface area (Å²) >= 11 is 0. The first-order chi connectivity index (χ1) is 9.15. The molecule has 1 aliphatic rings. The lowest BCUT2D eigenvalue weighted by Crippen LogP contribution is -2.32. The normalized spacial score (nSPS) is 17.6. The molecule has 0 aliphatic carbocycles. The van der Waals surface area contributed by atoms with Gasteiger partial charge in [0.25, 0.3) is 0 Å². The molecule has 1 aliphatic heterocycles. The highest BCUT2D eigenvalue weighted by atomic mass is 16.1. The van der Waals surface area contributed by atoms with Gasteiger partial charge in [-0.3, -0.25) is 9.48 Å². The van der Waals surface area contributed by atoms with Crippen molar-refractivity contribution in [2.75, 3.05) is 13.1 Å². The fraction of sp³-hybridized carbons (Fsp3) is 0.714. The summed E-state index contributed by atoms with van der Waals surface area (Å²) in [6.07, 6.45) is 7.87. The minimum absolute atomic E-state index is 0.134. The first-order valence-electron chi connectivity index (χ1n) is 7.13. The van der Waals surface area contributed by atoms with Crippen LogP contribution in [0, 0.1) is 0 Å². The van der Waals surface area contributed by atoms with Crippen LogP contribution in [0.5, 0.6) is 0 Å². The molecule has 2 heterocycles. The number of hydrogen-bond acceptors (Lipinski definition) is 3. The molecule has 1 amide bonds. The van der Waals surface area contributed by atoms with E-state index in [1.807, 2.05) is 13.2 Å². The van der Waals surface area contributed by atoms with E-state index >= 15 is 0 Å². The van der Waals surface area contributed by atoms with Crippen molar-refractivity contribution in [3.63, 3.8) is 0 Å². The van der Waals surface area contributed by atoms with Gasteiger partial charge in [-0.2, -0.15) is 5.10 Å². The number of aromatic nitrogens is 2. The van der Waals surface area contributed by atoms with Crippen LogP contribution in [0.15, 0.2) is 12.4 Å². The fourth-order valence-electron chi connectivity index (χ4n) is 2.56. The van der Waals surface area contributed by atoms with Gasteiger partial charge in [-0.25, -0.2) is 0 Å². The van der Waals surface area contributed by atoms with E-state index in [9.17, 15) is 4.79 Å². The van der Waals surface area contributed by atoms with E-state index in [2.05, 4.69) is 22.2 Å². The van der Waals surface area contributed by atoms with E-state index in [1.165, 1.54) is 25.9 Å². The van der Waals surface area contributed by atoms with Gasteiger partial charge < -0.3 is 10.2 Å². The van der Waals surface area contributed by atoms with Gasteiger partial charge in [0.1, 0.15) is 0 Å². The molecule has 0 radical (unpaired) electrons. The third kappa shape index (κ3) is 4.35. The van der Waals surface area contributed by atoms with Gasteiger partial charge in [-0.1, -0.05) is 0 Å². The number of nitrogens with one attached hydrogen (secondary N) is 1. The van der Waals surface area contributed by atoms with Crippen LogP contribution in [0.1, 0.15) is 38.2 Å². The van der Waals surface area contributed by atoms with E-state index < -0.39 is 0 Å². The Morgan fingerprint density at radius 2 is 2.21 bits per heavy atom. The molecule has 5 nitrogen and oxygen atoms in total. The quantitative estimate of drug-likeness (QED) is 0.842. The van der Waals surface area contributed by atoms with Crippen LogP contribution in [0.25, 0.3) is 0 Å².